The van der Waals surface area contributed by atoms with Gasteiger partial charge in [-0.2, -0.15) is 0 Å². The minimum atomic E-state index is -0.000805. The van der Waals surface area contributed by atoms with E-state index in [1.807, 2.05) is 43.4 Å². The zero-order chi connectivity index (χ0) is 16.9. The number of carbonyl (C=O) groups is 1. The van der Waals surface area contributed by atoms with Gasteiger partial charge < -0.3 is 14.7 Å². The van der Waals surface area contributed by atoms with Crippen molar-refractivity contribution in [2.75, 3.05) is 53.4 Å². The molecule has 0 aliphatic carbocycles. The van der Waals surface area contributed by atoms with E-state index in [0.29, 0.717) is 5.69 Å². The summed E-state index contributed by atoms with van der Waals surface area (Å²) < 4.78 is 0. The smallest absolute Gasteiger partial charge is 0.272 e. The van der Waals surface area contributed by atoms with Crippen molar-refractivity contribution in [2.24, 2.45) is 0 Å². The molecule has 1 amide bonds. The van der Waals surface area contributed by atoms with Crippen molar-refractivity contribution in [2.45, 2.75) is 6.42 Å². The summed E-state index contributed by atoms with van der Waals surface area (Å²) in [6.45, 7) is 6.34. The number of nitrogens with zero attached hydrogens (tertiary/aromatic N) is 4. The first-order chi connectivity index (χ1) is 11.6. The number of piperazine rings is 1. The summed E-state index contributed by atoms with van der Waals surface area (Å²) in [6.07, 6.45) is 1.000. The lowest BCUT2D eigenvalue weighted by atomic mass is 10.2. The van der Waals surface area contributed by atoms with Crippen LogP contribution in [0.3, 0.4) is 0 Å². The van der Waals surface area contributed by atoms with Gasteiger partial charge in [-0.25, -0.2) is 4.98 Å². The highest BCUT2D eigenvalue weighted by molar-refractivity contribution is 5.94. The van der Waals surface area contributed by atoms with Crippen molar-refractivity contribution in [3.05, 3.63) is 42.1 Å². The molecule has 2 aromatic rings. The van der Waals surface area contributed by atoms with Gasteiger partial charge >= 0.3 is 0 Å². The normalized spacial score (nSPS) is 16.4. The Kier molecular flexibility index (Phi) is 5.43. The summed E-state index contributed by atoms with van der Waals surface area (Å²) in [5, 5.41) is 1.06. The lowest BCUT2D eigenvalue weighted by Crippen LogP contribution is -2.45. The molecule has 3 rings (SSSR count). The highest BCUT2D eigenvalue weighted by Gasteiger charge is 2.16. The molecule has 0 atom stereocenters. The number of likely N-dealkylation sites (N-methyl/N-ethyl adjacent to an activating group) is 1. The van der Waals surface area contributed by atoms with Gasteiger partial charge in [0.2, 0.25) is 0 Å². The highest BCUT2D eigenvalue weighted by Crippen LogP contribution is 2.13. The van der Waals surface area contributed by atoms with Gasteiger partial charge in [0.25, 0.3) is 5.91 Å². The van der Waals surface area contributed by atoms with Crippen LogP contribution in [0.5, 0.6) is 0 Å². The van der Waals surface area contributed by atoms with E-state index in [-0.39, 0.29) is 5.91 Å². The van der Waals surface area contributed by atoms with Crippen molar-refractivity contribution in [3.63, 3.8) is 0 Å². The fourth-order valence-electron chi connectivity index (χ4n) is 3.09. The maximum absolute atomic E-state index is 12.6. The fraction of sp³-hybridized carbons (Fsp3) is 0.474. The van der Waals surface area contributed by atoms with Crippen molar-refractivity contribution in [1.82, 2.24) is 19.7 Å². The Balaban J connectivity index is 1.52. The monoisotopic (exact) mass is 326 g/mol. The molecule has 0 bridgehead atoms. The molecule has 1 fully saturated rings. The zero-order valence-electron chi connectivity index (χ0n) is 14.6. The number of carbonyl (C=O) groups excluding carboxylic acids is 1. The third-order valence-corrected chi connectivity index (χ3v) is 4.73. The summed E-state index contributed by atoms with van der Waals surface area (Å²) in [4.78, 5) is 23.7. The second-order valence-electron chi connectivity index (χ2n) is 6.61. The first kappa shape index (κ1) is 16.9. The van der Waals surface area contributed by atoms with Gasteiger partial charge in [0.15, 0.2) is 0 Å². The van der Waals surface area contributed by atoms with Crippen LogP contribution < -0.4 is 0 Å². The molecule has 1 aromatic heterocycles. The Bertz CT molecular complexity index is 695. The van der Waals surface area contributed by atoms with Crippen LogP contribution in [-0.2, 0) is 0 Å². The van der Waals surface area contributed by atoms with Crippen molar-refractivity contribution in [3.8, 4) is 0 Å². The lowest BCUT2D eigenvalue weighted by molar-refractivity contribution is 0.0778. The van der Waals surface area contributed by atoms with Crippen LogP contribution in [0.2, 0.25) is 0 Å². The van der Waals surface area contributed by atoms with E-state index < -0.39 is 0 Å². The first-order valence-electron chi connectivity index (χ1n) is 8.65. The zero-order valence-corrected chi connectivity index (χ0v) is 14.6. The predicted octanol–water partition coefficient (Wildman–Crippen LogP) is 1.94. The predicted molar refractivity (Wildman–Crippen MR) is 97.3 cm³/mol. The second-order valence-corrected chi connectivity index (χ2v) is 6.61. The van der Waals surface area contributed by atoms with E-state index in [9.17, 15) is 4.79 Å². The molecular formula is C19H26N4O. The van der Waals surface area contributed by atoms with Gasteiger partial charge in [-0.1, -0.05) is 24.3 Å². The standard InChI is InChI=1S/C19H26N4O/c1-21-12-14-23(15-13-21)11-5-10-22(2)19(24)18-9-8-16-6-3-4-7-17(16)20-18/h3-4,6-9H,5,10-15H2,1-2H3. The van der Waals surface area contributed by atoms with E-state index in [1.54, 1.807) is 4.90 Å². The fourth-order valence-corrected chi connectivity index (χ4v) is 3.09. The number of fused-ring (bicyclic) bond motifs is 1. The molecule has 0 unspecified atom stereocenters. The topological polar surface area (TPSA) is 39.7 Å². The summed E-state index contributed by atoms with van der Waals surface area (Å²) in [7, 11) is 4.03. The van der Waals surface area contributed by atoms with Crippen molar-refractivity contribution < 1.29 is 4.79 Å². The van der Waals surface area contributed by atoms with Crippen LogP contribution >= 0.6 is 0 Å². The van der Waals surface area contributed by atoms with Crippen LogP contribution in [0.25, 0.3) is 10.9 Å². The van der Waals surface area contributed by atoms with E-state index in [0.717, 1.165) is 56.6 Å². The summed E-state index contributed by atoms with van der Waals surface area (Å²) in [6, 6.07) is 11.7. The minimum absolute atomic E-state index is 0.000805. The Morgan fingerprint density at radius 3 is 2.67 bits per heavy atom. The van der Waals surface area contributed by atoms with Gasteiger partial charge in [0, 0.05) is 45.2 Å². The van der Waals surface area contributed by atoms with Gasteiger partial charge in [-0.15, -0.1) is 0 Å². The highest BCUT2D eigenvalue weighted by atomic mass is 16.2. The van der Waals surface area contributed by atoms with Crippen LogP contribution in [0, 0.1) is 0 Å². The Hall–Kier alpha value is -1.98. The third kappa shape index (κ3) is 4.10. The molecule has 128 valence electrons. The molecule has 1 saturated heterocycles. The number of benzene rings is 1. The quantitative estimate of drug-likeness (QED) is 0.842. The van der Waals surface area contributed by atoms with Gasteiger partial charge in [0.05, 0.1) is 5.52 Å². The number of amides is 1. The molecular weight excluding hydrogens is 300 g/mol. The second kappa shape index (κ2) is 7.73. The summed E-state index contributed by atoms with van der Waals surface area (Å²) in [5.41, 5.74) is 1.39. The molecule has 24 heavy (non-hydrogen) atoms. The SMILES string of the molecule is CN1CCN(CCCN(C)C(=O)c2ccc3ccccc3n2)CC1. The van der Waals surface area contributed by atoms with Gasteiger partial charge in [0.1, 0.15) is 5.69 Å². The van der Waals surface area contributed by atoms with Gasteiger partial charge in [-0.05, 0) is 32.1 Å². The third-order valence-electron chi connectivity index (χ3n) is 4.73. The Labute approximate surface area is 143 Å². The molecule has 1 aromatic carbocycles. The maximum atomic E-state index is 12.6. The van der Waals surface area contributed by atoms with Crippen LogP contribution in [0.15, 0.2) is 36.4 Å². The number of para-hydroxylation sites is 1. The molecule has 2 heterocycles. The van der Waals surface area contributed by atoms with Gasteiger partial charge in [-0.3, -0.25) is 4.79 Å². The number of rotatable bonds is 5. The molecule has 5 nitrogen and oxygen atoms in total. The molecule has 1 aliphatic heterocycles. The molecule has 0 saturated carbocycles. The minimum Gasteiger partial charge on any atom is -0.340 e. The van der Waals surface area contributed by atoms with Crippen LogP contribution in [0.4, 0.5) is 0 Å². The van der Waals surface area contributed by atoms with E-state index in [2.05, 4.69) is 21.8 Å². The van der Waals surface area contributed by atoms with E-state index in [1.165, 1.54) is 0 Å². The molecule has 5 heteroatoms. The Morgan fingerprint density at radius 1 is 1.12 bits per heavy atom. The summed E-state index contributed by atoms with van der Waals surface area (Å²) in [5.74, 6) is -0.000805. The lowest BCUT2D eigenvalue weighted by Gasteiger charge is -2.32. The molecule has 0 spiro atoms. The number of pyridine rings is 1. The number of hydrogen-bond acceptors (Lipinski definition) is 4. The maximum Gasteiger partial charge on any atom is 0.272 e. The molecule has 1 aliphatic rings. The molecule has 0 N–H and O–H groups in total. The average molecular weight is 326 g/mol. The van der Waals surface area contributed by atoms with Crippen molar-refractivity contribution >= 4 is 16.8 Å². The molecule has 0 radical (unpaired) electrons. The average Bonchev–Trinajstić information content (AvgIpc) is 2.62. The summed E-state index contributed by atoms with van der Waals surface area (Å²) >= 11 is 0. The van der Waals surface area contributed by atoms with Crippen LogP contribution in [0.1, 0.15) is 16.9 Å². The van der Waals surface area contributed by atoms with Crippen LogP contribution in [-0.4, -0.2) is 79.0 Å². The number of aromatic nitrogens is 1. The largest absolute Gasteiger partial charge is 0.340 e. The van der Waals surface area contributed by atoms with Crippen molar-refractivity contribution in [1.29, 1.82) is 0 Å². The first-order valence-corrected chi connectivity index (χ1v) is 8.65. The van der Waals surface area contributed by atoms with E-state index >= 15 is 0 Å². The Morgan fingerprint density at radius 2 is 1.88 bits per heavy atom. The van der Waals surface area contributed by atoms with E-state index in [4.69, 9.17) is 0 Å². The number of hydrogen-bond donors (Lipinski definition) is 0.